The number of aromatic nitrogens is 1. The molecule has 8 heteroatoms. The van der Waals surface area contributed by atoms with E-state index in [0.29, 0.717) is 12.1 Å². The van der Waals surface area contributed by atoms with Crippen molar-refractivity contribution < 1.29 is 9.59 Å². The SMILES string of the molecule is CC(=O)NC1CCN(Cc2cc(C(=O)Nc3ccc4scnc4c3)ccc2-c2ccccc2)C1.Cl. The summed E-state index contributed by atoms with van der Waals surface area (Å²) in [5, 5.41) is 6.04. The summed E-state index contributed by atoms with van der Waals surface area (Å²) >= 11 is 1.58. The fraction of sp³-hybridized carbons (Fsp3) is 0.222. The summed E-state index contributed by atoms with van der Waals surface area (Å²) in [5.41, 5.74) is 7.36. The Hall–Kier alpha value is -3.26. The van der Waals surface area contributed by atoms with Gasteiger partial charge in [-0.3, -0.25) is 14.5 Å². The lowest BCUT2D eigenvalue weighted by Gasteiger charge is -2.20. The number of anilines is 1. The number of rotatable bonds is 6. The largest absolute Gasteiger partial charge is 0.352 e. The number of hydrogen-bond acceptors (Lipinski definition) is 5. The lowest BCUT2D eigenvalue weighted by Crippen LogP contribution is -2.35. The van der Waals surface area contributed by atoms with Gasteiger partial charge in [-0.2, -0.15) is 0 Å². The summed E-state index contributed by atoms with van der Waals surface area (Å²) < 4.78 is 1.09. The van der Waals surface area contributed by atoms with Crippen LogP contribution >= 0.6 is 23.7 Å². The summed E-state index contributed by atoms with van der Waals surface area (Å²) in [7, 11) is 0. The van der Waals surface area contributed by atoms with E-state index in [-0.39, 0.29) is 30.3 Å². The van der Waals surface area contributed by atoms with Crippen LogP contribution in [0.25, 0.3) is 21.3 Å². The van der Waals surface area contributed by atoms with Gasteiger partial charge < -0.3 is 10.6 Å². The number of nitrogens with zero attached hydrogens (tertiary/aromatic N) is 2. The number of benzene rings is 3. The number of amides is 2. The van der Waals surface area contributed by atoms with Crippen molar-refractivity contribution in [2.24, 2.45) is 0 Å². The topological polar surface area (TPSA) is 74.3 Å². The van der Waals surface area contributed by atoms with Gasteiger partial charge in [-0.1, -0.05) is 36.4 Å². The average Bonchev–Trinajstić information content (AvgIpc) is 3.48. The van der Waals surface area contributed by atoms with E-state index in [9.17, 15) is 9.59 Å². The molecule has 1 atom stereocenters. The van der Waals surface area contributed by atoms with E-state index in [0.717, 1.165) is 52.1 Å². The van der Waals surface area contributed by atoms with Crippen LogP contribution in [-0.2, 0) is 11.3 Å². The fourth-order valence-corrected chi connectivity index (χ4v) is 5.19. The molecule has 4 aromatic rings. The Balaban J connectivity index is 0.00000289. The Kier molecular flexibility index (Phi) is 7.80. The third-order valence-corrected chi connectivity index (χ3v) is 6.92. The lowest BCUT2D eigenvalue weighted by atomic mass is 9.96. The maximum absolute atomic E-state index is 13.1. The highest BCUT2D eigenvalue weighted by Crippen LogP contribution is 2.28. The number of thiazole rings is 1. The molecule has 0 aliphatic carbocycles. The minimum absolute atomic E-state index is 0. The summed E-state index contributed by atoms with van der Waals surface area (Å²) in [5.74, 6) is -0.140. The van der Waals surface area contributed by atoms with Crippen molar-refractivity contribution in [2.75, 3.05) is 18.4 Å². The highest BCUT2D eigenvalue weighted by molar-refractivity contribution is 7.16. The van der Waals surface area contributed by atoms with Gasteiger partial charge in [0.15, 0.2) is 0 Å². The van der Waals surface area contributed by atoms with Gasteiger partial charge >= 0.3 is 0 Å². The normalized spacial score (nSPS) is 15.5. The Morgan fingerprint density at radius 1 is 1.09 bits per heavy atom. The number of nitrogens with one attached hydrogen (secondary N) is 2. The van der Waals surface area contributed by atoms with Crippen molar-refractivity contribution in [1.82, 2.24) is 15.2 Å². The molecular weight excluding hydrogens is 480 g/mol. The van der Waals surface area contributed by atoms with Gasteiger partial charge in [0.2, 0.25) is 5.91 Å². The van der Waals surface area contributed by atoms with Crippen LogP contribution in [0.5, 0.6) is 0 Å². The van der Waals surface area contributed by atoms with Crippen LogP contribution in [0, 0.1) is 0 Å². The smallest absolute Gasteiger partial charge is 0.255 e. The summed E-state index contributed by atoms with van der Waals surface area (Å²) in [6, 6.07) is 22.1. The molecule has 5 rings (SSSR count). The van der Waals surface area contributed by atoms with E-state index in [1.54, 1.807) is 23.8 Å². The molecule has 3 aromatic carbocycles. The Morgan fingerprint density at radius 3 is 2.71 bits per heavy atom. The number of halogens is 1. The van der Waals surface area contributed by atoms with Gasteiger partial charge in [-0.15, -0.1) is 23.7 Å². The Labute approximate surface area is 214 Å². The Bertz CT molecular complexity index is 1340. The maximum atomic E-state index is 13.1. The predicted octanol–water partition coefficient (Wildman–Crippen LogP) is 5.35. The quantitative estimate of drug-likeness (QED) is 0.370. The molecule has 6 nitrogen and oxygen atoms in total. The van der Waals surface area contributed by atoms with Crippen LogP contribution in [0.2, 0.25) is 0 Å². The molecule has 0 spiro atoms. The zero-order valence-electron chi connectivity index (χ0n) is 19.4. The standard InChI is InChI=1S/C27H26N4O2S.ClH/c1-18(32)29-23-11-12-31(16-23)15-21-13-20(7-9-24(21)19-5-3-2-4-6-19)27(33)30-22-8-10-26-25(14-22)28-17-34-26;/h2-10,13-14,17,23H,11-12,15-16H2,1H3,(H,29,32)(H,30,33);1H. The first-order valence-corrected chi connectivity index (χ1v) is 12.3. The van der Waals surface area contributed by atoms with Crippen LogP contribution in [0.1, 0.15) is 29.3 Å². The van der Waals surface area contributed by atoms with Gasteiger partial charge in [0, 0.05) is 43.9 Å². The van der Waals surface area contributed by atoms with Crippen LogP contribution < -0.4 is 10.6 Å². The van der Waals surface area contributed by atoms with Crippen molar-refractivity contribution >= 4 is 51.5 Å². The molecule has 0 bridgehead atoms. The number of hydrogen-bond donors (Lipinski definition) is 2. The van der Waals surface area contributed by atoms with Crippen molar-refractivity contribution in [3.8, 4) is 11.1 Å². The second kappa shape index (κ2) is 11.0. The number of fused-ring (bicyclic) bond motifs is 1. The molecule has 0 radical (unpaired) electrons. The fourth-order valence-electron chi connectivity index (χ4n) is 4.53. The monoisotopic (exact) mass is 506 g/mol. The van der Waals surface area contributed by atoms with Crippen LogP contribution in [0.3, 0.4) is 0 Å². The second-order valence-corrected chi connectivity index (χ2v) is 9.53. The molecule has 1 aliphatic rings. The van der Waals surface area contributed by atoms with Gasteiger partial charge in [-0.25, -0.2) is 4.98 Å². The third-order valence-electron chi connectivity index (χ3n) is 6.11. The van der Waals surface area contributed by atoms with Crippen molar-refractivity contribution in [2.45, 2.75) is 25.9 Å². The molecule has 1 saturated heterocycles. The van der Waals surface area contributed by atoms with Gasteiger partial charge in [-0.05, 0) is 53.4 Å². The lowest BCUT2D eigenvalue weighted by molar-refractivity contribution is -0.119. The molecule has 2 amide bonds. The molecule has 35 heavy (non-hydrogen) atoms. The molecule has 1 aliphatic heterocycles. The van der Waals surface area contributed by atoms with Crippen molar-refractivity contribution in [3.05, 3.63) is 83.4 Å². The number of carbonyl (C=O) groups is 2. The minimum atomic E-state index is -0.145. The average molecular weight is 507 g/mol. The first-order valence-electron chi connectivity index (χ1n) is 11.4. The van der Waals surface area contributed by atoms with Crippen molar-refractivity contribution in [3.63, 3.8) is 0 Å². The van der Waals surface area contributed by atoms with Crippen LogP contribution in [0.4, 0.5) is 5.69 Å². The molecule has 1 unspecified atom stereocenters. The van der Waals surface area contributed by atoms with E-state index >= 15 is 0 Å². The number of carbonyl (C=O) groups excluding carboxylic acids is 2. The van der Waals surface area contributed by atoms with E-state index in [4.69, 9.17) is 0 Å². The first-order chi connectivity index (χ1) is 16.5. The van der Waals surface area contributed by atoms with E-state index in [1.165, 1.54) is 0 Å². The first kappa shape index (κ1) is 24.9. The molecular formula is C27H27ClN4O2S. The summed E-state index contributed by atoms with van der Waals surface area (Å²) in [4.78, 5) is 31.2. The molecule has 2 heterocycles. The molecule has 1 fully saturated rings. The van der Waals surface area contributed by atoms with Crippen LogP contribution in [-0.4, -0.2) is 40.8 Å². The third kappa shape index (κ3) is 5.88. The van der Waals surface area contributed by atoms with Crippen molar-refractivity contribution in [1.29, 1.82) is 0 Å². The Morgan fingerprint density at radius 2 is 1.91 bits per heavy atom. The van der Waals surface area contributed by atoms with Gasteiger partial charge in [0.05, 0.1) is 15.7 Å². The predicted molar refractivity (Wildman–Crippen MR) is 144 cm³/mol. The highest BCUT2D eigenvalue weighted by atomic mass is 35.5. The number of likely N-dealkylation sites (tertiary alicyclic amines) is 1. The maximum Gasteiger partial charge on any atom is 0.255 e. The summed E-state index contributed by atoms with van der Waals surface area (Å²) in [6.45, 7) is 3.98. The minimum Gasteiger partial charge on any atom is -0.352 e. The van der Waals surface area contributed by atoms with Crippen LogP contribution in [0.15, 0.2) is 72.2 Å². The highest BCUT2D eigenvalue weighted by Gasteiger charge is 2.24. The van der Waals surface area contributed by atoms with E-state index < -0.39 is 0 Å². The molecule has 180 valence electrons. The molecule has 1 aromatic heterocycles. The molecule has 0 saturated carbocycles. The van der Waals surface area contributed by atoms with Gasteiger partial charge in [0.1, 0.15) is 0 Å². The zero-order chi connectivity index (χ0) is 23.5. The zero-order valence-corrected chi connectivity index (χ0v) is 21.0. The van der Waals surface area contributed by atoms with E-state index in [1.807, 2.05) is 54.6 Å². The summed E-state index contributed by atoms with van der Waals surface area (Å²) in [6.07, 6.45) is 0.930. The molecule has 2 N–H and O–H groups in total. The van der Waals surface area contributed by atoms with E-state index in [2.05, 4.69) is 32.7 Å². The van der Waals surface area contributed by atoms with Gasteiger partial charge in [0.25, 0.3) is 5.91 Å². The second-order valence-electron chi connectivity index (χ2n) is 8.65.